The van der Waals surface area contributed by atoms with Crippen molar-refractivity contribution in [1.29, 1.82) is 0 Å². The van der Waals surface area contributed by atoms with Crippen molar-refractivity contribution in [2.75, 3.05) is 6.54 Å². The Bertz CT molecular complexity index is 337. The predicted molar refractivity (Wildman–Crippen MR) is 84.3 cm³/mol. The molecule has 1 amide bonds. The maximum atomic E-state index is 11.7. The molecule has 1 saturated carbocycles. The summed E-state index contributed by atoms with van der Waals surface area (Å²) in [5.41, 5.74) is -1.11. The highest BCUT2D eigenvalue weighted by molar-refractivity contribution is 5.68. The van der Waals surface area contributed by atoms with Crippen LogP contribution in [0.1, 0.15) is 66.7 Å². The summed E-state index contributed by atoms with van der Waals surface area (Å²) in [7, 11) is 0. The molecule has 1 aliphatic carbocycles. The molecule has 0 aliphatic heterocycles. The number of hydrogen-bond acceptors (Lipinski definition) is 4. The molecule has 21 heavy (non-hydrogen) atoms. The summed E-state index contributed by atoms with van der Waals surface area (Å²) in [6.07, 6.45) is 4.29. The third-order valence-electron chi connectivity index (χ3n) is 3.71. The monoisotopic (exact) mass is 300 g/mol. The summed E-state index contributed by atoms with van der Waals surface area (Å²) < 4.78 is 5.27. The van der Waals surface area contributed by atoms with E-state index < -0.39 is 11.2 Å². The quantitative estimate of drug-likeness (QED) is 0.705. The first-order valence-electron chi connectivity index (χ1n) is 8.06. The zero-order chi connectivity index (χ0) is 16.1. The summed E-state index contributed by atoms with van der Waals surface area (Å²) in [5.74, 6) is 0. The number of ether oxygens (including phenoxy) is 1. The van der Waals surface area contributed by atoms with Crippen molar-refractivity contribution in [3.05, 3.63) is 0 Å². The minimum absolute atomic E-state index is 0.161. The Morgan fingerprint density at radius 2 is 1.86 bits per heavy atom. The van der Waals surface area contributed by atoms with E-state index in [0.717, 1.165) is 32.1 Å². The van der Waals surface area contributed by atoms with Gasteiger partial charge in [-0.3, -0.25) is 0 Å². The van der Waals surface area contributed by atoms with Crippen LogP contribution in [0.3, 0.4) is 0 Å². The van der Waals surface area contributed by atoms with Crippen LogP contribution >= 0.6 is 0 Å². The molecular weight excluding hydrogens is 268 g/mol. The minimum atomic E-state index is -0.647. The molecule has 0 spiro atoms. The van der Waals surface area contributed by atoms with Gasteiger partial charge >= 0.3 is 6.09 Å². The molecule has 3 unspecified atom stereocenters. The molecule has 5 nitrogen and oxygen atoms in total. The molecule has 5 heteroatoms. The Morgan fingerprint density at radius 1 is 1.24 bits per heavy atom. The smallest absolute Gasteiger partial charge is 0.407 e. The van der Waals surface area contributed by atoms with Crippen molar-refractivity contribution in [3.8, 4) is 0 Å². The maximum Gasteiger partial charge on any atom is 0.407 e. The van der Waals surface area contributed by atoms with Gasteiger partial charge in [0.2, 0.25) is 0 Å². The molecule has 1 fully saturated rings. The van der Waals surface area contributed by atoms with Crippen LogP contribution in [0.4, 0.5) is 4.79 Å². The first-order chi connectivity index (χ1) is 9.61. The maximum absolute atomic E-state index is 11.7. The molecular formula is C16H32N2O3. The summed E-state index contributed by atoms with van der Waals surface area (Å²) in [5, 5.41) is 16.5. The van der Waals surface area contributed by atoms with Crippen molar-refractivity contribution in [2.24, 2.45) is 0 Å². The van der Waals surface area contributed by atoms with E-state index in [-0.39, 0.29) is 12.1 Å². The number of hydrogen-bond donors (Lipinski definition) is 3. The zero-order valence-corrected chi connectivity index (χ0v) is 14.2. The lowest BCUT2D eigenvalue weighted by atomic mass is 10.0. The Balaban J connectivity index is 2.28. The number of aliphatic hydroxyl groups is 1. The molecule has 0 heterocycles. The van der Waals surface area contributed by atoms with Gasteiger partial charge in [0.25, 0.3) is 0 Å². The summed E-state index contributed by atoms with van der Waals surface area (Å²) >= 11 is 0. The van der Waals surface area contributed by atoms with Crippen molar-refractivity contribution < 1.29 is 14.6 Å². The standard InChI is InChI=1S/C16H32N2O3/c1-6-9-16(5,20)11-17-12-7-8-13(10-12)18-14(19)21-15(2,3)4/h12-13,17,20H,6-11H2,1-5H3,(H,18,19). The third-order valence-corrected chi connectivity index (χ3v) is 3.71. The molecule has 124 valence electrons. The molecule has 0 radical (unpaired) electrons. The molecule has 0 aromatic carbocycles. The number of carbonyl (C=O) groups is 1. The van der Waals surface area contributed by atoms with Crippen LogP contribution in [0, 0.1) is 0 Å². The molecule has 0 aromatic heterocycles. The normalized spacial score (nSPS) is 25.4. The molecule has 0 bridgehead atoms. The number of alkyl carbamates (subject to hydrolysis) is 1. The topological polar surface area (TPSA) is 70.6 Å². The van der Waals surface area contributed by atoms with E-state index in [1.54, 1.807) is 0 Å². The van der Waals surface area contributed by atoms with Crippen molar-refractivity contribution in [3.63, 3.8) is 0 Å². The van der Waals surface area contributed by atoms with Crippen LogP contribution in [0.2, 0.25) is 0 Å². The van der Waals surface area contributed by atoms with E-state index in [1.807, 2.05) is 27.7 Å². The lowest BCUT2D eigenvalue weighted by Gasteiger charge is -2.25. The molecule has 0 saturated heterocycles. The lowest BCUT2D eigenvalue weighted by Crippen LogP contribution is -2.43. The summed E-state index contributed by atoms with van der Waals surface area (Å²) in [4.78, 5) is 11.7. The Kier molecular flexibility index (Phi) is 6.47. The van der Waals surface area contributed by atoms with Crippen LogP contribution < -0.4 is 10.6 Å². The largest absolute Gasteiger partial charge is 0.444 e. The fourth-order valence-electron chi connectivity index (χ4n) is 2.76. The van der Waals surface area contributed by atoms with Gasteiger partial charge in [-0.25, -0.2) is 4.79 Å². The predicted octanol–water partition coefficient (Wildman–Crippen LogP) is 2.57. The van der Waals surface area contributed by atoms with Gasteiger partial charge in [-0.15, -0.1) is 0 Å². The molecule has 1 aliphatic rings. The van der Waals surface area contributed by atoms with Gasteiger partial charge in [0.1, 0.15) is 5.60 Å². The van der Waals surface area contributed by atoms with Gasteiger partial charge in [-0.2, -0.15) is 0 Å². The van der Waals surface area contributed by atoms with Crippen LogP contribution in [0.5, 0.6) is 0 Å². The van der Waals surface area contributed by atoms with E-state index >= 15 is 0 Å². The lowest BCUT2D eigenvalue weighted by molar-refractivity contribution is 0.0461. The van der Waals surface area contributed by atoms with Gasteiger partial charge in [-0.1, -0.05) is 13.3 Å². The average Bonchev–Trinajstić information content (AvgIpc) is 2.71. The highest BCUT2D eigenvalue weighted by Crippen LogP contribution is 2.21. The van der Waals surface area contributed by atoms with E-state index in [0.29, 0.717) is 12.6 Å². The van der Waals surface area contributed by atoms with Crippen LogP contribution in [0.15, 0.2) is 0 Å². The molecule has 3 N–H and O–H groups in total. The Labute approximate surface area is 128 Å². The van der Waals surface area contributed by atoms with Crippen molar-refractivity contribution in [1.82, 2.24) is 10.6 Å². The second-order valence-electron chi connectivity index (χ2n) is 7.48. The van der Waals surface area contributed by atoms with E-state index in [2.05, 4.69) is 17.6 Å². The van der Waals surface area contributed by atoms with Crippen molar-refractivity contribution in [2.45, 2.75) is 90.0 Å². The zero-order valence-electron chi connectivity index (χ0n) is 14.2. The van der Waals surface area contributed by atoms with E-state index in [4.69, 9.17) is 4.74 Å². The Morgan fingerprint density at radius 3 is 2.43 bits per heavy atom. The van der Waals surface area contributed by atoms with Gasteiger partial charge in [-0.05, 0) is 53.4 Å². The highest BCUT2D eigenvalue weighted by Gasteiger charge is 2.29. The second-order valence-corrected chi connectivity index (χ2v) is 7.48. The summed E-state index contributed by atoms with van der Waals surface area (Å²) in [6, 6.07) is 0.516. The number of rotatable bonds is 6. The first-order valence-corrected chi connectivity index (χ1v) is 8.06. The number of amides is 1. The highest BCUT2D eigenvalue weighted by atomic mass is 16.6. The number of carbonyl (C=O) groups excluding carboxylic acids is 1. The van der Waals surface area contributed by atoms with Gasteiger partial charge in [0.15, 0.2) is 0 Å². The van der Waals surface area contributed by atoms with Crippen LogP contribution in [-0.4, -0.2) is 41.0 Å². The minimum Gasteiger partial charge on any atom is -0.444 e. The fourth-order valence-corrected chi connectivity index (χ4v) is 2.76. The van der Waals surface area contributed by atoms with Crippen molar-refractivity contribution >= 4 is 6.09 Å². The van der Waals surface area contributed by atoms with E-state index in [1.165, 1.54) is 0 Å². The SMILES string of the molecule is CCCC(C)(O)CNC1CCC(NC(=O)OC(C)(C)C)C1. The molecule has 1 rings (SSSR count). The van der Waals surface area contributed by atoms with Crippen LogP contribution in [-0.2, 0) is 4.74 Å². The van der Waals surface area contributed by atoms with Gasteiger partial charge in [0, 0.05) is 18.6 Å². The molecule has 3 atom stereocenters. The third kappa shape index (κ3) is 7.67. The first kappa shape index (κ1) is 18.2. The van der Waals surface area contributed by atoms with Crippen LogP contribution in [0.25, 0.3) is 0 Å². The fraction of sp³-hybridized carbons (Fsp3) is 0.938. The Hall–Kier alpha value is -0.810. The average molecular weight is 300 g/mol. The molecule has 0 aromatic rings. The summed E-state index contributed by atoms with van der Waals surface area (Å²) in [6.45, 7) is 10.1. The second kappa shape index (κ2) is 7.45. The number of nitrogens with one attached hydrogen (secondary N) is 2. The van der Waals surface area contributed by atoms with Gasteiger partial charge < -0.3 is 20.5 Å². The van der Waals surface area contributed by atoms with E-state index in [9.17, 15) is 9.90 Å². The van der Waals surface area contributed by atoms with Gasteiger partial charge in [0.05, 0.1) is 5.60 Å².